The van der Waals surface area contributed by atoms with E-state index in [1.165, 1.54) is 5.56 Å². The average molecular weight is 517 g/mol. The monoisotopic (exact) mass is 517 g/mol. The van der Waals surface area contributed by atoms with Gasteiger partial charge in [-0.2, -0.15) is 10.4 Å². The van der Waals surface area contributed by atoms with Crippen molar-refractivity contribution in [2.24, 2.45) is 5.92 Å². The van der Waals surface area contributed by atoms with Gasteiger partial charge in [0.25, 0.3) is 0 Å². The maximum Gasteiger partial charge on any atom is 0.206 e. The fourth-order valence-electron chi connectivity index (χ4n) is 5.40. The van der Waals surface area contributed by atoms with Crippen LogP contribution in [-0.4, -0.2) is 71.2 Å². The van der Waals surface area contributed by atoms with Gasteiger partial charge in [-0.15, -0.1) is 12.3 Å². The third-order valence-electron chi connectivity index (χ3n) is 7.54. The highest BCUT2D eigenvalue weighted by Gasteiger charge is 2.53. The van der Waals surface area contributed by atoms with Crippen molar-refractivity contribution in [3.8, 4) is 41.2 Å². The summed E-state index contributed by atoms with van der Waals surface area (Å²) < 4.78 is 12.9. The summed E-state index contributed by atoms with van der Waals surface area (Å²) in [6.07, 6.45) is 12.6. The molecule has 4 aromatic rings. The molecule has 0 N–H and O–H groups in total. The number of fused-ring (bicyclic) bond motifs is 2. The molecule has 3 atom stereocenters. The zero-order valence-corrected chi connectivity index (χ0v) is 22.2. The Hall–Kier alpha value is -4.54. The molecule has 3 unspecified atom stereocenters. The minimum absolute atomic E-state index is 0.0167. The van der Waals surface area contributed by atoms with Crippen LogP contribution >= 0.6 is 0 Å². The van der Waals surface area contributed by atoms with Crippen LogP contribution in [0, 0.1) is 29.6 Å². The van der Waals surface area contributed by atoms with Crippen molar-refractivity contribution in [2.45, 2.75) is 25.6 Å². The Morgan fingerprint density at radius 1 is 1.18 bits per heavy atom. The molecule has 0 saturated carbocycles. The second-order valence-electron chi connectivity index (χ2n) is 10.2. The zero-order valence-electron chi connectivity index (χ0n) is 22.2. The summed E-state index contributed by atoms with van der Waals surface area (Å²) in [6, 6.07) is 11.5. The molecule has 6 heterocycles. The first-order valence-electron chi connectivity index (χ1n) is 13.0. The van der Waals surface area contributed by atoms with E-state index < -0.39 is 0 Å². The minimum atomic E-state index is -0.0167. The van der Waals surface area contributed by atoms with E-state index in [9.17, 15) is 5.26 Å². The molecular weight excluding hydrogens is 489 g/mol. The normalized spacial score (nSPS) is 20.2. The maximum absolute atomic E-state index is 9.65. The molecule has 0 radical (unpaired) electrons. The molecule has 0 bridgehead atoms. The standard InChI is InChI=1S/C29H28BN7O2/c1-4-18(2)17-39-22-8-23(28-21(9-31)12-34-37(28)14-22)20-5-6-27(32-11-20)35-15-25-26(16-35)36(25)13-19-7-24(30)29(38-3)33-10-19/h1,5-8,10-12,14,18,25-26H,13,15-17,30H2,2-3H3. The van der Waals surface area contributed by atoms with Gasteiger partial charge in [0.15, 0.2) is 0 Å². The Labute approximate surface area is 228 Å². The molecule has 9 nitrogen and oxygen atoms in total. The fourth-order valence-corrected chi connectivity index (χ4v) is 5.40. The van der Waals surface area contributed by atoms with Crippen LogP contribution < -0.4 is 19.8 Å². The Morgan fingerprint density at radius 3 is 2.67 bits per heavy atom. The number of aromatic nitrogens is 4. The topological polar surface area (TPSA) is 91.6 Å². The lowest BCUT2D eigenvalue weighted by molar-refractivity contribution is 0.288. The van der Waals surface area contributed by atoms with Crippen molar-refractivity contribution < 1.29 is 9.47 Å². The first kappa shape index (κ1) is 24.8. The van der Waals surface area contributed by atoms with Crippen molar-refractivity contribution in [2.75, 3.05) is 31.7 Å². The number of anilines is 1. The zero-order chi connectivity index (χ0) is 27.1. The molecule has 4 aromatic heterocycles. The van der Waals surface area contributed by atoms with Gasteiger partial charge in [-0.05, 0) is 36.1 Å². The number of nitrogens with zero attached hydrogens (tertiary/aromatic N) is 7. The number of nitriles is 1. The van der Waals surface area contributed by atoms with Crippen LogP contribution in [0.15, 0.2) is 49.1 Å². The summed E-state index contributed by atoms with van der Waals surface area (Å²) >= 11 is 0. The smallest absolute Gasteiger partial charge is 0.206 e. The number of hydrogen-bond donors (Lipinski definition) is 0. The highest BCUT2D eigenvalue weighted by molar-refractivity contribution is 6.34. The van der Waals surface area contributed by atoms with Gasteiger partial charge in [0, 0.05) is 55.2 Å². The molecule has 2 fully saturated rings. The molecule has 0 aromatic carbocycles. The van der Waals surface area contributed by atoms with Crippen LogP contribution in [0.3, 0.4) is 0 Å². The number of methoxy groups -OCH3 is 1. The second kappa shape index (κ2) is 9.97. The van der Waals surface area contributed by atoms with Gasteiger partial charge in [0.1, 0.15) is 32.1 Å². The fraction of sp³-hybridized carbons (Fsp3) is 0.310. The summed E-state index contributed by atoms with van der Waals surface area (Å²) in [6.45, 7) is 5.12. The highest BCUT2D eigenvalue weighted by Crippen LogP contribution is 2.39. The quantitative estimate of drug-likeness (QED) is 0.198. The van der Waals surface area contributed by atoms with E-state index >= 15 is 0 Å². The summed E-state index contributed by atoms with van der Waals surface area (Å²) in [4.78, 5) is 14.1. The van der Waals surface area contributed by atoms with Gasteiger partial charge in [-0.1, -0.05) is 6.07 Å². The molecular formula is C29H28BN7O2. The van der Waals surface area contributed by atoms with E-state index in [1.54, 1.807) is 24.0 Å². The Morgan fingerprint density at radius 2 is 2.00 bits per heavy atom. The maximum atomic E-state index is 9.65. The number of piperazine rings is 1. The summed E-state index contributed by atoms with van der Waals surface area (Å²) in [5.41, 5.74) is 5.23. The molecule has 0 aliphatic carbocycles. The molecule has 39 heavy (non-hydrogen) atoms. The third-order valence-corrected chi connectivity index (χ3v) is 7.54. The van der Waals surface area contributed by atoms with E-state index in [2.05, 4.69) is 37.9 Å². The third kappa shape index (κ3) is 4.64. The summed E-state index contributed by atoms with van der Waals surface area (Å²) in [5, 5.41) is 14.0. The lowest BCUT2D eigenvalue weighted by Crippen LogP contribution is -2.29. The van der Waals surface area contributed by atoms with E-state index in [4.69, 9.17) is 20.9 Å². The Kier molecular flexibility index (Phi) is 6.34. The van der Waals surface area contributed by atoms with Gasteiger partial charge in [0.05, 0.1) is 36.5 Å². The van der Waals surface area contributed by atoms with Crippen molar-refractivity contribution in [1.82, 2.24) is 24.5 Å². The van der Waals surface area contributed by atoms with Crippen molar-refractivity contribution in [3.63, 3.8) is 0 Å². The summed E-state index contributed by atoms with van der Waals surface area (Å²) in [7, 11) is 3.67. The lowest BCUT2D eigenvalue weighted by Gasteiger charge is -2.22. The molecule has 2 aliphatic heterocycles. The van der Waals surface area contributed by atoms with Crippen LogP contribution in [0.1, 0.15) is 18.1 Å². The molecule has 10 heteroatoms. The lowest BCUT2D eigenvalue weighted by atomic mass is 9.96. The molecule has 6 rings (SSSR count). The summed E-state index contributed by atoms with van der Waals surface area (Å²) in [5.74, 6) is 4.93. The Balaban J connectivity index is 1.17. The molecule has 194 valence electrons. The predicted octanol–water partition coefficient (Wildman–Crippen LogP) is 1.65. The second-order valence-corrected chi connectivity index (χ2v) is 10.2. The van der Waals surface area contributed by atoms with Crippen molar-refractivity contribution >= 4 is 24.6 Å². The van der Waals surface area contributed by atoms with Crippen molar-refractivity contribution in [1.29, 1.82) is 5.26 Å². The largest absolute Gasteiger partial charge is 0.491 e. The van der Waals surface area contributed by atoms with E-state index in [0.29, 0.717) is 35.9 Å². The van der Waals surface area contributed by atoms with Crippen molar-refractivity contribution in [3.05, 3.63) is 60.2 Å². The average Bonchev–Trinajstić information content (AvgIpc) is 3.28. The van der Waals surface area contributed by atoms with E-state index in [0.717, 1.165) is 47.6 Å². The van der Waals surface area contributed by atoms with E-state index in [-0.39, 0.29) is 5.92 Å². The number of terminal acetylenes is 1. The highest BCUT2D eigenvalue weighted by atomic mass is 16.5. The van der Waals surface area contributed by atoms with Crippen LogP contribution in [-0.2, 0) is 6.54 Å². The Bertz CT molecular complexity index is 1610. The van der Waals surface area contributed by atoms with Crippen LogP contribution in [0.25, 0.3) is 16.6 Å². The number of rotatable bonds is 8. The van der Waals surface area contributed by atoms with Gasteiger partial charge in [-0.3, -0.25) is 4.90 Å². The molecule has 0 spiro atoms. The van der Waals surface area contributed by atoms with Gasteiger partial charge in [-0.25, -0.2) is 14.5 Å². The molecule has 0 amide bonds. The number of pyridine rings is 3. The van der Waals surface area contributed by atoms with Gasteiger partial charge in [0.2, 0.25) is 5.88 Å². The van der Waals surface area contributed by atoms with Gasteiger partial charge >= 0.3 is 0 Å². The number of hydrogen-bond acceptors (Lipinski definition) is 8. The van der Waals surface area contributed by atoms with Crippen LogP contribution in [0.2, 0.25) is 0 Å². The van der Waals surface area contributed by atoms with Crippen LogP contribution in [0.5, 0.6) is 11.6 Å². The molecule has 2 aliphatic rings. The SMILES string of the molecule is Bc1cc(CN2C3CN(c4ccc(-c5cc(OCC(C)C#C)cn6ncc(C#N)c56)cn4)CC32)cnc1OC. The molecule has 2 saturated heterocycles. The van der Waals surface area contributed by atoms with E-state index in [1.807, 2.05) is 45.4 Å². The first-order valence-corrected chi connectivity index (χ1v) is 13.0. The van der Waals surface area contributed by atoms with Crippen LogP contribution in [0.4, 0.5) is 5.82 Å². The minimum Gasteiger partial charge on any atom is -0.491 e. The van der Waals surface area contributed by atoms with Gasteiger partial charge < -0.3 is 14.4 Å². The predicted molar refractivity (Wildman–Crippen MR) is 151 cm³/mol. The first-order chi connectivity index (χ1) is 19.0. The number of ether oxygens (including phenoxy) is 2.